The van der Waals surface area contributed by atoms with Gasteiger partial charge in [0.05, 0.1) is 5.56 Å². The van der Waals surface area contributed by atoms with Crippen molar-refractivity contribution in [3.05, 3.63) is 35.4 Å². The minimum absolute atomic E-state index is 0.0487. The Balaban J connectivity index is 1.62. The maximum atomic E-state index is 13.0. The number of amides is 2. The summed E-state index contributed by atoms with van der Waals surface area (Å²) in [6.07, 6.45) is -3.73. The third kappa shape index (κ3) is 5.31. The Morgan fingerprint density at radius 2 is 1.97 bits per heavy atom. The number of fused-ring (bicyclic) bond motifs is 1. The van der Waals surface area contributed by atoms with Gasteiger partial charge in [-0.1, -0.05) is 32.0 Å². The molecule has 1 aliphatic carbocycles. The third-order valence-corrected chi connectivity index (χ3v) is 6.54. The number of halogens is 3. The van der Waals surface area contributed by atoms with Gasteiger partial charge in [0.2, 0.25) is 5.91 Å². The first-order chi connectivity index (χ1) is 14.5. The van der Waals surface area contributed by atoms with Crippen LogP contribution in [0.15, 0.2) is 24.3 Å². The van der Waals surface area contributed by atoms with E-state index in [2.05, 4.69) is 10.2 Å². The molecule has 2 amide bonds. The molecule has 0 aromatic heterocycles. The van der Waals surface area contributed by atoms with E-state index in [1.54, 1.807) is 6.07 Å². The van der Waals surface area contributed by atoms with E-state index >= 15 is 0 Å². The number of nitrogens with zero attached hydrogens (tertiary/aromatic N) is 2. The molecule has 9 heteroatoms. The lowest BCUT2D eigenvalue weighted by molar-refractivity contribution is -0.137. The van der Waals surface area contributed by atoms with Crippen LogP contribution >= 0.6 is 0 Å². The van der Waals surface area contributed by atoms with Gasteiger partial charge in [-0.15, -0.1) is 0 Å². The first-order valence-electron chi connectivity index (χ1n) is 10.6. The lowest BCUT2D eigenvalue weighted by Gasteiger charge is -2.30. The molecule has 0 unspecified atom stereocenters. The normalized spacial score (nSPS) is 24.8. The van der Waals surface area contributed by atoms with E-state index in [-0.39, 0.29) is 23.8 Å². The highest BCUT2D eigenvalue weighted by Crippen LogP contribution is 2.39. The quantitative estimate of drug-likeness (QED) is 0.707. The molecule has 1 aliphatic heterocycles. The number of carbonyl (C=O) groups excluding carboxylic acids is 1. The van der Waals surface area contributed by atoms with Crippen LogP contribution in [-0.2, 0) is 17.5 Å². The van der Waals surface area contributed by atoms with Crippen molar-refractivity contribution in [2.24, 2.45) is 17.8 Å². The van der Waals surface area contributed by atoms with E-state index in [1.807, 2.05) is 13.8 Å². The van der Waals surface area contributed by atoms with Crippen LogP contribution < -0.4 is 5.32 Å². The van der Waals surface area contributed by atoms with Gasteiger partial charge >= 0.3 is 12.3 Å². The van der Waals surface area contributed by atoms with Crippen LogP contribution in [0.2, 0.25) is 0 Å². The maximum absolute atomic E-state index is 13.0. The van der Waals surface area contributed by atoms with E-state index in [4.69, 9.17) is 0 Å². The van der Waals surface area contributed by atoms with Crippen molar-refractivity contribution < 1.29 is 27.9 Å². The van der Waals surface area contributed by atoms with Gasteiger partial charge in [-0.3, -0.25) is 14.6 Å². The number of hydrogen-bond acceptors (Lipinski definition) is 3. The van der Waals surface area contributed by atoms with E-state index in [0.29, 0.717) is 24.6 Å². The molecule has 0 bridgehead atoms. The van der Waals surface area contributed by atoms with Gasteiger partial charge in [-0.25, -0.2) is 4.79 Å². The number of alkyl halides is 3. The third-order valence-electron chi connectivity index (χ3n) is 6.54. The number of hydrogen-bond donors (Lipinski definition) is 2. The zero-order valence-corrected chi connectivity index (χ0v) is 18.0. The molecule has 1 saturated carbocycles. The zero-order chi connectivity index (χ0) is 22.9. The molecule has 172 valence electrons. The Labute approximate surface area is 180 Å². The molecule has 1 saturated heterocycles. The average molecular weight is 441 g/mol. The van der Waals surface area contributed by atoms with Crippen molar-refractivity contribution in [1.29, 1.82) is 0 Å². The summed E-state index contributed by atoms with van der Waals surface area (Å²) in [5.41, 5.74) is -0.0184. The van der Waals surface area contributed by atoms with Gasteiger partial charge in [-0.05, 0) is 42.2 Å². The monoisotopic (exact) mass is 441 g/mol. The van der Waals surface area contributed by atoms with Gasteiger partial charge in [0, 0.05) is 32.7 Å². The van der Waals surface area contributed by atoms with Crippen molar-refractivity contribution in [3.8, 4) is 0 Å². The van der Waals surface area contributed by atoms with E-state index in [1.165, 1.54) is 19.2 Å². The van der Waals surface area contributed by atoms with Crippen LogP contribution in [-0.4, -0.2) is 59.1 Å². The summed E-state index contributed by atoms with van der Waals surface area (Å²) in [6.45, 7) is 5.55. The van der Waals surface area contributed by atoms with Crippen molar-refractivity contribution in [2.45, 2.75) is 51.5 Å². The van der Waals surface area contributed by atoms with Gasteiger partial charge < -0.3 is 10.4 Å². The molecular formula is C22H30F3N3O3. The lowest BCUT2D eigenvalue weighted by Crippen LogP contribution is -2.53. The predicted octanol–water partition coefficient (Wildman–Crippen LogP) is 3.67. The van der Waals surface area contributed by atoms with Crippen molar-refractivity contribution in [3.63, 3.8) is 0 Å². The topological polar surface area (TPSA) is 72.9 Å². The molecular weight excluding hydrogens is 411 g/mol. The molecule has 31 heavy (non-hydrogen) atoms. The fourth-order valence-corrected chi connectivity index (χ4v) is 5.08. The standard InChI is InChI=1S/C22H30F3N3O3/c1-13(2)19(27(3)21(30)31)20(29)26-18-8-7-15-11-28(12-17(15)18)10-14-5-4-6-16(9-14)22(23,24)25/h4-6,9,13,15,17-19H,7-8,10-12H2,1-3H3,(H,26,29)(H,30,31)/t15-,17+,18+,19-/m0/s1. The van der Waals surface area contributed by atoms with E-state index in [9.17, 15) is 27.9 Å². The SMILES string of the molecule is CC(C)[C@@H](C(=O)N[C@@H]1CC[C@H]2CN(Cc3cccc(C(F)(F)F)c3)C[C@H]21)N(C)C(=O)O. The second-order valence-corrected chi connectivity index (χ2v) is 9.09. The van der Waals surface area contributed by atoms with Crippen LogP contribution in [0.3, 0.4) is 0 Å². The Kier molecular flexibility index (Phi) is 6.83. The number of likely N-dealkylation sites (N-methyl/N-ethyl adjacent to an activating group) is 1. The fraction of sp³-hybridized carbons (Fsp3) is 0.636. The summed E-state index contributed by atoms with van der Waals surface area (Å²) >= 11 is 0. The molecule has 2 aliphatic rings. The number of likely N-dealkylation sites (tertiary alicyclic amines) is 1. The summed E-state index contributed by atoms with van der Waals surface area (Å²) in [4.78, 5) is 27.4. The largest absolute Gasteiger partial charge is 0.465 e. The van der Waals surface area contributed by atoms with Crippen LogP contribution in [0.25, 0.3) is 0 Å². The number of rotatable bonds is 6. The number of carboxylic acid groups (broad SMARTS) is 1. The molecule has 2 N–H and O–H groups in total. The maximum Gasteiger partial charge on any atom is 0.416 e. The summed E-state index contributed by atoms with van der Waals surface area (Å²) < 4.78 is 38.9. The molecule has 1 aromatic rings. The molecule has 0 radical (unpaired) electrons. The van der Waals surface area contributed by atoms with Crippen molar-refractivity contribution in [1.82, 2.24) is 15.1 Å². The smallest absolute Gasteiger partial charge is 0.416 e. The highest BCUT2D eigenvalue weighted by atomic mass is 19.4. The van der Waals surface area contributed by atoms with Crippen molar-refractivity contribution in [2.75, 3.05) is 20.1 Å². The minimum Gasteiger partial charge on any atom is -0.465 e. The summed E-state index contributed by atoms with van der Waals surface area (Å²) in [7, 11) is 1.40. The first-order valence-corrected chi connectivity index (χ1v) is 10.6. The Morgan fingerprint density at radius 3 is 2.58 bits per heavy atom. The summed E-state index contributed by atoms with van der Waals surface area (Å²) in [6, 6.07) is 4.60. The predicted molar refractivity (Wildman–Crippen MR) is 109 cm³/mol. The second kappa shape index (κ2) is 9.06. The van der Waals surface area contributed by atoms with Crippen molar-refractivity contribution >= 4 is 12.0 Å². The van der Waals surface area contributed by atoms with Gasteiger partial charge in [0.25, 0.3) is 0 Å². The number of nitrogens with one attached hydrogen (secondary N) is 1. The number of carbonyl (C=O) groups is 2. The molecule has 0 spiro atoms. The highest BCUT2D eigenvalue weighted by Gasteiger charge is 2.44. The van der Waals surface area contributed by atoms with Crippen LogP contribution in [0, 0.1) is 17.8 Å². The summed E-state index contributed by atoms with van der Waals surface area (Å²) in [5, 5.41) is 12.3. The lowest BCUT2D eigenvalue weighted by atomic mass is 9.96. The fourth-order valence-electron chi connectivity index (χ4n) is 5.08. The number of benzene rings is 1. The van der Waals surface area contributed by atoms with E-state index < -0.39 is 23.9 Å². The summed E-state index contributed by atoms with van der Waals surface area (Å²) in [5.74, 6) is 0.143. The molecule has 4 atom stereocenters. The molecule has 2 fully saturated rings. The Morgan fingerprint density at radius 1 is 1.26 bits per heavy atom. The van der Waals surface area contributed by atoms with Gasteiger partial charge in [0.1, 0.15) is 6.04 Å². The Hall–Kier alpha value is -2.29. The Bertz CT molecular complexity index is 815. The highest BCUT2D eigenvalue weighted by molar-refractivity contribution is 5.85. The van der Waals surface area contributed by atoms with E-state index in [0.717, 1.165) is 30.4 Å². The average Bonchev–Trinajstić information content (AvgIpc) is 3.22. The molecule has 1 heterocycles. The van der Waals surface area contributed by atoms with Gasteiger partial charge in [0.15, 0.2) is 0 Å². The second-order valence-electron chi connectivity index (χ2n) is 9.09. The van der Waals surface area contributed by atoms with Crippen LogP contribution in [0.4, 0.5) is 18.0 Å². The van der Waals surface area contributed by atoms with Gasteiger partial charge in [-0.2, -0.15) is 13.2 Å². The molecule has 1 aromatic carbocycles. The molecule has 6 nitrogen and oxygen atoms in total. The minimum atomic E-state index is -4.36. The molecule has 3 rings (SSSR count). The van der Waals surface area contributed by atoms with Crippen LogP contribution in [0.5, 0.6) is 0 Å². The first kappa shape index (κ1) is 23.4. The van der Waals surface area contributed by atoms with Crippen LogP contribution in [0.1, 0.15) is 37.8 Å². The zero-order valence-electron chi connectivity index (χ0n) is 18.0.